The van der Waals surface area contributed by atoms with Crippen molar-refractivity contribution in [2.45, 2.75) is 78.3 Å². The molecule has 0 bridgehead atoms. The number of anilines is 1. The van der Waals surface area contributed by atoms with E-state index in [1.54, 1.807) is 0 Å². The molecule has 1 atom stereocenters. The van der Waals surface area contributed by atoms with E-state index in [1.807, 2.05) is 36.9 Å². The van der Waals surface area contributed by atoms with Crippen LogP contribution in [0.25, 0.3) is 0 Å². The van der Waals surface area contributed by atoms with Crippen LogP contribution in [-0.4, -0.2) is 55.5 Å². The largest absolute Gasteiger partial charge is 0.350 e. The average molecular weight is 443 g/mol. The van der Waals surface area contributed by atoms with Gasteiger partial charge in [0.15, 0.2) is 0 Å². The topological polar surface area (TPSA) is 64.7 Å². The van der Waals surface area contributed by atoms with E-state index >= 15 is 0 Å². The van der Waals surface area contributed by atoms with Gasteiger partial charge < -0.3 is 15.5 Å². The zero-order valence-electron chi connectivity index (χ0n) is 20.3. The summed E-state index contributed by atoms with van der Waals surface area (Å²) in [6.07, 6.45) is 8.12. The third-order valence-corrected chi connectivity index (χ3v) is 6.85. The van der Waals surface area contributed by atoms with E-state index in [-0.39, 0.29) is 17.7 Å². The molecule has 2 N–H and O–H groups in total. The highest BCUT2D eigenvalue weighted by atomic mass is 16.2. The van der Waals surface area contributed by atoms with E-state index in [1.165, 1.54) is 25.7 Å². The number of nitrogens with one attached hydrogen (secondary N) is 2. The molecule has 6 heteroatoms. The molecule has 1 aromatic carbocycles. The molecule has 0 spiro atoms. The number of rotatable bonds is 5. The summed E-state index contributed by atoms with van der Waals surface area (Å²) in [6.45, 7) is 11.3. The zero-order valence-corrected chi connectivity index (χ0v) is 20.3. The fourth-order valence-electron chi connectivity index (χ4n) is 4.92. The molecule has 0 aromatic heterocycles. The highest BCUT2D eigenvalue weighted by molar-refractivity contribution is 5.98. The molecule has 178 valence electrons. The molecule has 2 aliphatic heterocycles. The molecule has 2 amide bonds. The van der Waals surface area contributed by atoms with Crippen LogP contribution in [0.15, 0.2) is 18.2 Å². The Hall–Kier alpha value is -1.92. The van der Waals surface area contributed by atoms with Gasteiger partial charge >= 0.3 is 0 Å². The van der Waals surface area contributed by atoms with Gasteiger partial charge in [-0.2, -0.15) is 0 Å². The molecule has 0 saturated carbocycles. The second-order valence-corrected chi connectivity index (χ2v) is 9.57. The minimum atomic E-state index is -0.0559. The van der Waals surface area contributed by atoms with Crippen LogP contribution in [-0.2, 0) is 11.3 Å². The second-order valence-electron chi connectivity index (χ2n) is 9.57. The summed E-state index contributed by atoms with van der Waals surface area (Å²) in [5, 5.41) is 6.68. The number of benzene rings is 1. The van der Waals surface area contributed by atoms with Crippen molar-refractivity contribution in [3.8, 4) is 0 Å². The third kappa shape index (κ3) is 6.55. The van der Waals surface area contributed by atoms with E-state index in [4.69, 9.17) is 0 Å². The molecular weight excluding hydrogens is 400 g/mol. The molecule has 1 saturated heterocycles. The Labute approximate surface area is 194 Å². The van der Waals surface area contributed by atoms with Crippen molar-refractivity contribution < 1.29 is 9.59 Å². The van der Waals surface area contributed by atoms with Gasteiger partial charge in [0, 0.05) is 42.8 Å². The lowest BCUT2D eigenvalue weighted by Gasteiger charge is -2.28. The van der Waals surface area contributed by atoms with Gasteiger partial charge in [0.2, 0.25) is 5.91 Å². The Kier molecular flexibility index (Phi) is 9.54. The number of nitrogens with zero attached hydrogens (tertiary/aromatic N) is 2. The van der Waals surface area contributed by atoms with Crippen LogP contribution in [0.5, 0.6) is 0 Å². The predicted molar refractivity (Wildman–Crippen MR) is 131 cm³/mol. The highest BCUT2D eigenvalue weighted by Gasteiger charge is 2.25. The van der Waals surface area contributed by atoms with E-state index in [0.717, 1.165) is 56.7 Å². The maximum absolute atomic E-state index is 13.0. The van der Waals surface area contributed by atoms with Gasteiger partial charge in [-0.05, 0) is 69.1 Å². The van der Waals surface area contributed by atoms with Crippen LogP contribution < -0.4 is 15.5 Å². The Bertz CT molecular complexity index is 764. The quantitative estimate of drug-likeness (QED) is 0.725. The molecule has 0 aliphatic carbocycles. The van der Waals surface area contributed by atoms with Gasteiger partial charge in [-0.3, -0.25) is 14.5 Å². The lowest BCUT2D eigenvalue weighted by Crippen LogP contribution is -2.40. The average Bonchev–Trinajstić information content (AvgIpc) is 3.25. The SMILES string of the molecule is CCN1CCCC1CNC(=O)c1ccc2c(c1)CNCCCCCCCN2C(=O)C(C)C. The first-order valence-corrected chi connectivity index (χ1v) is 12.7. The lowest BCUT2D eigenvalue weighted by molar-refractivity contribution is -0.121. The summed E-state index contributed by atoms with van der Waals surface area (Å²) in [4.78, 5) is 30.4. The maximum atomic E-state index is 13.0. The number of hydrogen-bond donors (Lipinski definition) is 2. The number of likely N-dealkylation sites (N-methyl/N-ethyl adjacent to an activating group) is 1. The molecule has 1 unspecified atom stereocenters. The summed E-state index contributed by atoms with van der Waals surface area (Å²) in [5.41, 5.74) is 2.65. The molecular formula is C26H42N4O2. The second kappa shape index (κ2) is 12.4. The van der Waals surface area contributed by atoms with Crippen LogP contribution in [0.2, 0.25) is 0 Å². The van der Waals surface area contributed by atoms with Crippen LogP contribution in [0, 0.1) is 5.92 Å². The number of carbonyl (C=O) groups excluding carboxylic acids is 2. The first-order valence-electron chi connectivity index (χ1n) is 12.7. The van der Waals surface area contributed by atoms with E-state index in [2.05, 4.69) is 22.5 Å². The van der Waals surface area contributed by atoms with Crippen LogP contribution in [0.1, 0.15) is 81.6 Å². The Morgan fingerprint density at radius 3 is 2.66 bits per heavy atom. The van der Waals surface area contributed by atoms with Gasteiger partial charge in [0.25, 0.3) is 5.91 Å². The fourth-order valence-corrected chi connectivity index (χ4v) is 4.92. The summed E-state index contributed by atoms with van der Waals surface area (Å²) in [7, 11) is 0. The smallest absolute Gasteiger partial charge is 0.251 e. The third-order valence-electron chi connectivity index (χ3n) is 6.85. The number of carbonyl (C=O) groups is 2. The first kappa shape index (κ1) is 24.7. The van der Waals surface area contributed by atoms with Crippen LogP contribution in [0.3, 0.4) is 0 Å². The molecule has 1 fully saturated rings. The van der Waals surface area contributed by atoms with Gasteiger partial charge in [-0.15, -0.1) is 0 Å². The minimum absolute atomic E-state index is 0.0244. The van der Waals surface area contributed by atoms with Gasteiger partial charge in [-0.25, -0.2) is 0 Å². The van der Waals surface area contributed by atoms with Crippen molar-refractivity contribution in [1.82, 2.24) is 15.5 Å². The van der Waals surface area contributed by atoms with Crippen molar-refractivity contribution in [3.63, 3.8) is 0 Å². The fraction of sp³-hybridized carbons (Fsp3) is 0.692. The van der Waals surface area contributed by atoms with E-state index < -0.39 is 0 Å². The predicted octanol–water partition coefficient (Wildman–Crippen LogP) is 3.94. The van der Waals surface area contributed by atoms with Gasteiger partial charge in [0.05, 0.1) is 0 Å². The number of fused-ring (bicyclic) bond motifs is 1. The Morgan fingerprint density at radius 2 is 1.88 bits per heavy atom. The van der Waals surface area contributed by atoms with Crippen LogP contribution in [0.4, 0.5) is 5.69 Å². The van der Waals surface area contributed by atoms with Crippen molar-refractivity contribution in [1.29, 1.82) is 0 Å². The van der Waals surface area contributed by atoms with Crippen molar-refractivity contribution in [2.24, 2.45) is 5.92 Å². The van der Waals surface area contributed by atoms with Gasteiger partial charge in [0.1, 0.15) is 0 Å². The zero-order chi connectivity index (χ0) is 22.9. The number of amides is 2. The summed E-state index contributed by atoms with van der Waals surface area (Å²) >= 11 is 0. The number of hydrogen-bond acceptors (Lipinski definition) is 4. The number of likely N-dealkylation sites (tertiary alicyclic amines) is 1. The first-order chi connectivity index (χ1) is 15.5. The molecule has 6 nitrogen and oxygen atoms in total. The molecule has 2 heterocycles. The molecule has 3 rings (SSSR count). The van der Waals surface area contributed by atoms with Crippen molar-refractivity contribution in [2.75, 3.05) is 37.6 Å². The standard InChI is InChI=1S/C26H42N4O2/c1-4-29-15-10-11-23(29)19-28-25(31)21-12-13-24-22(17-21)18-27-14-8-6-5-7-9-16-30(24)26(32)20(2)3/h12-13,17,20,23,27H,4-11,14-16,18-19H2,1-3H3,(H,28,31). The molecule has 0 radical (unpaired) electrons. The van der Waals surface area contributed by atoms with E-state index in [0.29, 0.717) is 24.7 Å². The minimum Gasteiger partial charge on any atom is -0.350 e. The lowest BCUT2D eigenvalue weighted by atomic mass is 10.0. The van der Waals surface area contributed by atoms with E-state index in [9.17, 15) is 9.59 Å². The monoisotopic (exact) mass is 442 g/mol. The highest BCUT2D eigenvalue weighted by Crippen LogP contribution is 2.26. The maximum Gasteiger partial charge on any atom is 0.251 e. The summed E-state index contributed by atoms with van der Waals surface area (Å²) in [6, 6.07) is 6.28. The Balaban J connectivity index is 1.79. The summed E-state index contributed by atoms with van der Waals surface area (Å²) < 4.78 is 0. The molecule has 32 heavy (non-hydrogen) atoms. The molecule has 1 aromatic rings. The van der Waals surface area contributed by atoms with Crippen LogP contribution >= 0.6 is 0 Å². The summed E-state index contributed by atoms with van der Waals surface area (Å²) in [5.74, 6) is 0.0737. The van der Waals surface area contributed by atoms with Crippen molar-refractivity contribution in [3.05, 3.63) is 29.3 Å². The van der Waals surface area contributed by atoms with Crippen molar-refractivity contribution >= 4 is 17.5 Å². The molecule has 2 aliphatic rings. The Morgan fingerprint density at radius 1 is 1.09 bits per heavy atom. The van der Waals surface area contributed by atoms with Gasteiger partial charge in [-0.1, -0.05) is 40.0 Å². The normalized spacial score (nSPS) is 21.0.